The first kappa shape index (κ1) is 14.3. The molecule has 18 heavy (non-hydrogen) atoms. The molecule has 1 aromatic carbocycles. The SMILES string of the molecule is O=C(O)COc1cccc(S(=O)(=O)C(F)(F)F)c1. The maximum atomic E-state index is 12.2. The van der Waals surface area contributed by atoms with Crippen LogP contribution in [0.15, 0.2) is 29.2 Å². The van der Waals surface area contributed by atoms with Crippen LogP contribution in [-0.2, 0) is 14.6 Å². The summed E-state index contributed by atoms with van der Waals surface area (Å²) in [4.78, 5) is 9.19. The van der Waals surface area contributed by atoms with Crippen LogP contribution in [0.5, 0.6) is 5.75 Å². The van der Waals surface area contributed by atoms with E-state index in [4.69, 9.17) is 5.11 Å². The zero-order valence-corrected chi connectivity index (χ0v) is 9.46. The van der Waals surface area contributed by atoms with Crippen molar-refractivity contribution in [1.29, 1.82) is 0 Å². The van der Waals surface area contributed by atoms with E-state index in [1.807, 2.05) is 0 Å². The lowest BCUT2D eigenvalue weighted by molar-refractivity contribution is -0.139. The molecule has 5 nitrogen and oxygen atoms in total. The van der Waals surface area contributed by atoms with Crippen LogP contribution in [0.3, 0.4) is 0 Å². The molecular weight excluding hydrogens is 277 g/mol. The fraction of sp³-hybridized carbons (Fsp3) is 0.222. The second-order valence-electron chi connectivity index (χ2n) is 3.11. The van der Waals surface area contributed by atoms with Gasteiger partial charge in [0.25, 0.3) is 9.84 Å². The maximum absolute atomic E-state index is 12.2. The molecule has 0 saturated heterocycles. The van der Waals surface area contributed by atoms with Gasteiger partial charge < -0.3 is 9.84 Å². The second-order valence-corrected chi connectivity index (χ2v) is 5.05. The van der Waals surface area contributed by atoms with E-state index >= 15 is 0 Å². The Morgan fingerprint density at radius 1 is 1.33 bits per heavy atom. The number of carboxylic acids is 1. The first-order valence-electron chi connectivity index (χ1n) is 4.40. The summed E-state index contributed by atoms with van der Waals surface area (Å²) in [6, 6.07) is 3.54. The molecule has 0 aliphatic rings. The number of aliphatic carboxylic acids is 1. The molecule has 0 aliphatic carbocycles. The van der Waals surface area contributed by atoms with Crippen molar-refractivity contribution in [2.24, 2.45) is 0 Å². The number of benzene rings is 1. The highest BCUT2D eigenvalue weighted by Crippen LogP contribution is 2.31. The van der Waals surface area contributed by atoms with E-state index in [1.54, 1.807) is 0 Å². The highest BCUT2D eigenvalue weighted by molar-refractivity contribution is 7.92. The molecule has 100 valence electrons. The molecule has 0 atom stereocenters. The lowest BCUT2D eigenvalue weighted by atomic mass is 10.3. The molecule has 1 aromatic rings. The number of halogens is 3. The minimum Gasteiger partial charge on any atom is -0.482 e. The molecule has 0 unspecified atom stereocenters. The normalized spacial score (nSPS) is 12.2. The van der Waals surface area contributed by atoms with Crippen molar-refractivity contribution < 1.29 is 36.2 Å². The average Bonchev–Trinajstić information content (AvgIpc) is 2.25. The van der Waals surface area contributed by atoms with Crippen molar-refractivity contribution in [3.05, 3.63) is 24.3 Å². The molecule has 0 spiro atoms. The summed E-state index contributed by atoms with van der Waals surface area (Å²) in [6.45, 7) is -0.782. The quantitative estimate of drug-likeness (QED) is 0.905. The number of rotatable bonds is 4. The van der Waals surface area contributed by atoms with Gasteiger partial charge in [-0.05, 0) is 18.2 Å². The number of carbonyl (C=O) groups is 1. The molecule has 0 fully saturated rings. The lowest BCUT2D eigenvalue weighted by Crippen LogP contribution is -2.23. The standard InChI is InChI=1S/C9H7F3O5S/c10-9(11,12)18(15,16)7-3-1-2-6(4-7)17-5-8(13)14/h1-4H,5H2,(H,13,14). The average molecular weight is 284 g/mol. The molecule has 0 aliphatic heterocycles. The summed E-state index contributed by atoms with van der Waals surface area (Å²) in [7, 11) is -5.46. The third kappa shape index (κ3) is 3.13. The van der Waals surface area contributed by atoms with Gasteiger partial charge in [0.2, 0.25) is 0 Å². The van der Waals surface area contributed by atoms with Gasteiger partial charge in [0, 0.05) is 0 Å². The van der Waals surface area contributed by atoms with Crippen LogP contribution in [0.1, 0.15) is 0 Å². The summed E-state index contributed by atoms with van der Waals surface area (Å²) in [5.41, 5.74) is -5.42. The Balaban J connectivity index is 3.06. The zero-order valence-electron chi connectivity index (χ0n) is 8.64. The summed E-state index contributed by atoms with van der Waals surface area (Å²) >= 11 is 0. The van der Waals surface area contributed by atoms with Gasteiger partial charge >= 0.3 is 11.5 Å². The van der Waals surface area contributed by atoms with E-state index in [2.05, 4.69) is 4.74 Å². The van der Waals surface area contributed by atoms with Crippen LogP contribution in [0, 0.1) is 0 Å². The lowest BCUT2D eigenvalue weighted by Gasteiger charge is -2.09. The molecule has 0 amide bonds. The van der Waals surface area contributed by atoms with E-state index in [0.717, 1.165) is 18.2 Å². The molecule has 0 heterocycles. The van der Waals surface area contributed by atoms with Crippen molar-refractivity contribution in [1.82, 2.24) is 0 Å². The fourth-order valence-corrected chi connectivity index (χ4v) is 1.81. The Labute approximate surface area is 99.7 Å². The number of carboxylic acid groups (broad SMARTS) is 1. The molecule has 0 radical (unpaired) electrons. The van der Waals surface area contributed by atoms with Crippen LogP contribution < -0.4 is 4.74 Å². The molecule has 0 saturated carbocycles. The molecule has 1 rings (SSSR count). The van der Waals surface area contributed by atoms with E-state index in [1.165, 1.54) is 0 Å². The van der Waals surface area contributed by atoms with Crippen LogP contribution in [0.2, 0.25) is 0 Å². The van der Waals surface area contributed by atoms with Gasteiger partial charge in [-0.15, -0.1) is 0 Å². The van der Waals surface area contributed by atoms with Gasteiger partial charge in [-0.2, -0.15) is 13.2 Å². The van der Waals surface area contributed by atoms with E-state index < -0.39 is 32.8 Å². The minimum absolute atomic E-state index is 0.275. The van der Waals surface area contributed by atoms with Crippen molar-refractivity contribution in [3.8, 4) is 5.75 Å². The first-order chi connectivity index (χ1) is 8.14. The monoisotopic (exact) mass is 284 g/mol. The smallest absolute Gasteiger partial charge is 0.482 e. The Bertz CT molecular complexity index is 550. The van der Waals surface area contributed by atoms with Gasteiger partial charge in [-0.3, -0.25) is 0 Å². The topological polar surface area (TPSA) is 80.7 Å². The van der Waals surface area contributed by atoms with E-state index in [0.29, 0.717) is 6.07 Å². The highest BCUT2D eigenvalue weighted by Gasteiger charge is 2.46. The van der Waals surface area contributed by atoms with Crippen molar-refractivity contribution in [2.75, 3.05) is 6.61 Å². The fourth-order valence-electron chi connectivity index (χ4n) is 1.01. The van der Waals surface area contributed by atoms with Gasteiger partial charge in [-0.1, -0.05) is 6.07 Å². The zero-order chi connectivity index (χ0) is 14.0. The van der Waals surface area contributed by atoms with Crippen LogP contribution >= 0.6 is 0 Å². The van der Waals surface area contributed by atoms with Crippen molar-refractivity contribution in [2.45, 2.75) is 10.4 Å². The summed E-state index contributed by atoms with van der Waals surface area (Å²) in [6.07, 6.45) is 0. The highest BCUT2D eigenvalue weighted by atomic mass is 32.2. The van der Waals surface area contributed by atoms with Gasteiger partial charge in [-0.25, -0.2) is 13.2 Å². The van der Waals surface area contributed by atoms with E-state index in [-0.39, 0.29) is 5.75 Å². The second kappa shape index (κ2) is 4.84. The Hall–Kier alpha value is -1.77. The van der Waals surface area contributed by atoms with Gasteiger partial charge in [0.05, 0.1) is 4.90 Å². The van der Waals surface area contributed by atoms with Crippen molar-refractivity contribution in [3.63, 3.8) is 0 Å². The molecular formula is C9H7F3O5S. The van der Waals surface area contributed by atoms with Crippen LogP contribution in [0.4, 0.5) is 13.2 Å². The van der Waals surface area contributed by atoms with E-state index in [9.17, 15) is 26.4 Å². The summed E-state index contributed by atoms with van der Waals surface area (Å²) in [5.74, 6) is -1.61. The minimum atomic E-state index is -5.46. The van der Waals surface area contributed by atoms with Gasteiger partial charge in [0.15, 0.2) is 6.61 Å². The number of sulfone groups is 1. The Morgan fingerprint density at radius 3 is 2.44 bits per heavy atom. The number of alkyl halides is 3. The third-order valence-electron chi connectivity index (χ3n) is 1.78. The first-order valence-corrected chi connectivity index (χ1v) is 5.89. The molecule has 0 aromatic heterocycles. The Kier molecular flexibility index (Phi) is 3.85. The molecule has 1 N–H and O–H groups in total. The third-order valence-corrected chi connectivity index (χ3v) is 3.27. The largest absolute Gasteiger partial charge is 0.501 e. The number of hydrogen-bond acceptors (Lipinski definition) is 4. The predicted octanol–water partition coefficient (Wildman–Crippen LogP) is 1.44. The Morgan fingerprint density at radius 2 is 1.94 bits per heavy atom. The molecule has 0 bridgehead atoms. The van der Waals surface area contributed by atoms with Crippen LogP contribution in [0.25, 0.3) is 0 Å². The number of hydrogen-bond donors (Lipinski definition) is 1. The van der Waals surface area contributed by atoms with Crippen molar-refractivity contribution >= 4 is 15.8 Å². The molecule has 9 heteroatoms. The number of ether oxygens (including phenoxy) is 1. The predicted molar refractivity (Wildman–Crippen MR) is 52.8 cm³/mol. The summed E-state index contributed by atoms with van der Waals surface area (Å²) < 4.78 is 63.4. The summed E-state index contributed by atoms with van der Waals surface area (Å²) in [5, 5.41) is 8.31. The maximum Gasteiger partial charge on any atom is 0.501 e. The van der Waals surface area contributed by atoms with Crippen LogP contribution in [-0.4, -0.2) is 31.6 Å². The van der Waals surface area contributed by atoms with Gasteiger partial charge in [0.1, 0.15) is 5.75 Å².